The lowest BCUT2D eigenvalue weighted by atomic mass is 10.1. The van der Waals surface area contributed by atoms with Crippen molar-refractivity contribution in [2.24, 2.45) is 5.92 Å². The molecule has 22 heavy (non-hydrogen) atoms. The number of hydrogen-bond donors (Lipinski definition) is 1. The van der Waals surface area contributed by atoms with Gasteiger partial charge in [-0.1, -0.05) is 25.2 Å². The second-order valence-electron chi connectivity index (χ2n) is 4.98. The predicted molar refractivity (Wildman–Crippen MR) is 87.2 cm³/mol. The van der Waals surface area contributed by atoms with E-state index in [1.165, 1.54) is 29.5 Å². The number of benzene rings is 1. The molecular formula is C13H13BrN4O3S. The first-order chi connectivity index (χ1) is 10.4. The second kappa shape index (κ2) is 6.93. The minimum Gasteiger partial charge on any atom is -0.296 e. The largest absolute Gasteiger partial charge is 0.296 e. The number of amides is 1. The molecule has 2 aromatic rings. The minimum absolute atomic E-state index is 0.162. The van der Waals surface area contributed by atoms with Crippen LogP contribution < -0.4 is 5.32 Å². The summed E-state index contributed by atoms with van der Waals surface area (Å²) in [6.45, 7) is 4.14. The number of rotatable bonds is 5. The molecule has 1 aromatic heterocycles. The van der Waals surface area contributed by atoms with Gasteiger partial charge in [-0.15, -0.1) is 10.2 Å². The average molecular weight is 385 g/mol. The smallest absolute Gasteiger partial charge is 0.284 e. The highest BCUT2D eigenvalue weighted by Crippen LogP contribution is 2.26. The molecule has 0 aliphatic carbocycles. The van der Waals surface area contributed by atoms with Crippen LogP contribution >= 0.6 is 27.3 Å². The van der Waals surface area contributed by atoms with Crippen molar-refractivity contribution < 1.29 is 9.72 Å². The van der Waals surface area contributed by atoms with Crippen molar-refractivity contribution in [1.29, 1.82) is 0 Å². The molecule has 9 heteroatoms. The van der Waals surface area contributed by atoms with Gasteiger partial charge in [-0.05, 0) is 34.0 Å². The number of carbonyl (C=O) groups is 1. The van der Waals surface area contributed by atoms with Crippen molar-refractivity contribution in [2.45, 2.75) is 20.3 Å². The quantitative estimate of drug-likeness (QED) is 0.626. The van der Waals surface area contributed by atoms with Gasteiger partial charge >= 0.3 is 0 Å². The van der Waals surface area contributed by atoms with E-state index in [4.69, 9.17) is 0 Å². The molecule has 0 saturated heterocycles. The van der Waals surface area contributed by atoms with Crippen LogP contribution in [0.2, 0.25) is 0 Å². The molecule has 116 valence electrons. The third-order valence-corrected chi connectivity index (χ3v) is 4.21. The molecule has 1 N–H and O–H groups in total. The van der Waals surface area contributed by atoms with Gasteiger partial charge in [0.1, 0.15) is 5.01 Å². The van der Waals surface area contributed by atoms with Crippen LogP contribution in [0, 0.1) is 16.0 Å². The summed E-state index contributed by atoms with van der Waals surface area (Å²) in [7, 11) is 0. The maximum atomic E-state index is 12.1. The Hall–Kier alpha value is -1.87. The number of anilines is 1. The van der Waals surface area contributed by atoms with E-state index < -0.39 is 10.8 Å². The van der Waals surface area contributed by atoms with Gasteiger partial charge in [0.25, 0.3) is 11.6 Å². The minimum atomic E-state index is -0.549. The zero-order valence-corrected chi connectivity index (χ0v) is 14.3. The van der Waals surface area contributed by atoms with Crippen LogP contribution in [-0.2, 0) is 6.42 Å². The molecule has 0 aliphatic heterocycles. The molecule has 0 saturated carbocycles. The Bertz CT molecular complexity index is 717. The van der Waals surface area contributed by atoms with Gasteiger partial charge in [-0.2, -0.15) is 0 Å². The predicted octanol–water partition coefficient (Wildman–Crippen LogP) is 3.66. The highest BCUT2D eigenvalue weighted by Gasteiger charge is 2.17. The molecule has 0 bridgehead atoms. The van der Waals surface area contributed by atoms with Crippen LogP contribution in [0.4, 0.5) is 10.8 Å². The number of nitro benzene ring substituents is 1. The molecule has 2 rings (SSSR count). The SMILES string of the molecule is CC(C)Cc1nnc(NC(=O)c2ccc(Br)c([N+](=O)[O-])c2)s1. The highest BCUT2D eigenvalue weighted by atomic mass is 79.9. The number of carbonyl (C=O) groups excluding carboxylic acids is 1. The van der Waals surface area contributed by atoms with Crippen LogP contribution in [0.1, 0.15) is 29.2 Å². The number of nitrogens with zero attached hydrogens (tertiary/aromatic N) is 3. The van der Waals surface area contributed by atoms with Crippen molar-refractivity contribution in [3.8, 4) is 0 Å². The van der Waals surface area contributed by atoms with E-state index in [0.717, 1.165) is 11.4 Å². The first-order valence-corrected chi connectivity index (χ1v) is 8.05. The van der Waals surface area contributed by atoms with Crippen LogP contribution in [0.5, 0.6) is 0 Å². The Morgan fingerprint density at radius 2 is 2.18 bits per heavy atom. The van der Waals surface area contributed by atoms with Crippen LogP contribution in [-0.4, -0.2) is 21.0 Å². The van der Waals surface area contributed by atoms with Gasteiger partial charge in [0.15, 0.2) is 0 Å². The molecule has 0 aliphatic rings. The lowest BCUT2D eigenvalue weighted by Crippen LogP contribution is -2.12. The maximum absolute atomic E-state index is 12.1. The van der Waals surface area contributed by atoms with Crippen molar-refractivity contribution in [3.63, 3.8) is 0 Å². The fraction of sp³-hybridized carbons (Fsp3) is 0.308. The van der Waals surface area contributed by atoms with E-state index in [2.05, 4.69) is 45.3 Å². The van der Waals surface area contributed by atoms with E-state index >= 15 is 0 Å². The molecule has 0 atom stereocenters. The first-order valence-electron chi connectivity index (χ1n) is 6.44. The van der Waals surface area contributed by atoms with Crippen molar-refractivity contribution in [1.82, 2.24) is 10.2 Å². The molecule has 1 aromatic carbocycles. The molecule has 7 nitrogen and oxygen atoms in total. The van der Waals surface area contributed by atoms with Gasteiger partial charge in [-0.3, -0.25) is 20.2 Å². The first kappa shape index (κ1) is 16.5. The summed E-state index contributed by atoms with van der Waals surface area (Å²) in [5.41, 5.74) is 0.0286. The maximum Gasteiger partial charge on any atom is 0.284 e. The van der Waals surface area contributed by atoms with Crippen LogP contribution in [0.3, 0.4) is 0 Å². The summed E-state index contributed by atoms with van der Waals surface area (Å²) in [6.07, 6.45) is 0.789. The lowest BCUT2D eigenvalue weighted by molar-refractivity contribution is -0.385. The van der Waals surface area contributed by atoms with Crippen molar-refractivity contribution in [2.75, 3.05) is 5.32 Å². The number of nitrogens with one attached hydrogen (secondary N) is 1. The van der Waals surface area contributed by atoms with Gasteiger partial charge in [0, 0.05) is 18.1 Å². The molecule has 0 spiro atoms. The van der Waals surface area contributed by atoms with Gasteiger partial charge in [0.2, 0.25) is 5.13 Å². The second-order valence-corrected chi connectivity index (χ2v) is 6.89. The molecule has 0 fully saturated rings. The van der Waals surface area contributed by atoms with E-state index in [1.54, 1.807) is 0 Å². The third kappa shape index (κ3) is 4.08. The number of halogens is 1. The average Bonchev–Trinajstić information content (AvgIpc) is 2.85. The molecule has 0 radical (unpaired) electrons. The molecular weight excluding hydrogens is 372 g/mol. The van der Waals surface area contributed by atoms with E-state index in [0.29, 0.717) is 15.5 Å². The summed E-state index contributed by atoms with van der Waals surface area (Å²) in [5, 5.41) is 22.6. The molecule has 1 amide bonds. The number of nitro groups is 1. The standard InChI is InChI=1S/C13H13BrN4O3S/c1-7(2)5-11-16-17-13(22-11)15-12(19)8-3-4-9(14)10(6-8)18(20)21/h3-4,6-7H,5H2,1-2H3,(H,15,17,19). The number of hydrogen-bond acceptors (Lipinski definition) is 6. The lowest BCUT2D eigenvalue weighted by Gasteiger charge is -2.02. The van der Waals surface area contributed by atoms with E-state index in [1.807, 2.05) is 0 Å². The normalized spacial score (nSPS) is 10.7. The summed E-state index contributed by atoms with van der Waals surface area (Å²) in [6, 6.07) is 4.19. The summed E-state index contributed by atoms with van der Waals surface area (Å²) in [4.78, 5) is 22.5. The van der Waals surface area contributed by atoms with Gasteiger partial charge in [-0.25, -0.2) is 0 Å². The Morgan fingerprint density at radius 1 is 1.45 bits per heavy atom. The summed E-state index contributed by atoms with van der Waals surface area (Å²) >= 11 is 4.38. The zero-order valence-electron chi connectivity index (χ0n) is 11.9. The highest BCUT2D eigenvalue weighted by molar-refractivity contribution is 9.10. The molecule has 1 heterocycles. The monoisotopic (exact) mass is 384 g/mol. The zero-order chi connectivity index (χ0) is 16.3. The Balaban J connectivity index is 2.14. The van der Waals surface area contributed by atoms with E-state index in [9.17, 15) is 14.9 Å². The van der Waals surface area contributed by atoms with Gasteiger partial charge in [0.05, 0.1) is 9.40 Å². The fourth-order valence-corrected chi connectivity index (χ4v) is 3.04. The third-order valence-electron chi connectivity index (χ3n) is 2.68. The van der Waals surface area contributed by atoms with Crippen LogP contribution in [0.25, 0.3) is 0 Å². The topological polar surface area (TPSA) is 98.0 Å². The summed E-state index contributed by atoms with van der Waals surface area (Å²) < 4.78 is 0.323. The van der Waals surface area contributed by atoms with Crippen molar-refractivity contribution in [3.05, 3.63) is 43.4 Å². The van der Waals surface area contributed by atoms with Crippen molar-refractivity contribution >= 4 is 44.0 Å². The van der Waals surface area contributed by atoms with Gasteiger partial charge < -0.3 is 0 Å². The number of aromatic nitrogens is 2. The Morgan fingerprint density at radius 3 is 2.82 bits per heavy atom. The Labute approximate surface area is 139 Å². The van der Waals surface area contributed by atoms with Crippen LogP contribution in [0.15, 0.2) is 22.7 Å². The molecule has 0 unspecified atom stereocenters. The fourth-order valence-electron chi connectivity index (χ4n) is 1.70. The summed E-state index contributed by atoms with van der Waals surface area (Å²) in [5.74, 6) is -0.00604. The van der Waals surface area contributed by atoms with E-state index in [-0.39, 0.29) is 11.3 Å². The Kier molecular flexibility index (Phi) is 5.19.